The predicted molar refractivity (Wildman–Crippen MR) is 49.9 cm³/mol. The van der Waals surface area contributed by atoms with Crippen molar-refractivity contribution in [1.82, 2.24) is 0 Å². The molecule has 3 nitrogen and oxygen atoms in total. The lowest BCUT2D eigenvalue weighted by atomic mass is 9.97. The largest absolute Gasteiger partial charge is 0.393 e. The lowest BCUT2D eigenvalue weighted by molar-refractivity contribution is -0.152. The molecule has 0 aliphatic carbocycles. The van der Waals surface area contributed by atoms with Gasteiger partial charge in [-0.3, -0.25) is 9.59 Å². The van der Waals surface area contributed by atoms with Crippen LogP contribution in [0.4, 0.5) is 4.39 Å². The summed E-state index contributed by atoms with van der Waals surface area (Å²) in [7, 11) is 0. The summed E-state index contributed by atoms with van der Waals surface area (Å²) in [6, 6.07) is 3.68. The van der Waals surface area contributed by atoms with Gasteiger partial charge in [-0.15, -0.1) is 0 Å². The highest BCUT2D eigenvalue weighted by Gasteiger charge is 2.35. The summed E-state index contributed by atoms with van der Waals surface area (Å²) in [5.74, 6) is -2.56. The van der Waals surface area contributed by atoms with E-state index in [4.69, 9.17) is 11.6 Å². The highest BCUT2D eigenvalue weighted by molar-refractivity contribution is 6.31. The molecule has 1 heterocycles. The highest BCUT2D eigenvalue weighted by atomic mass is 35.5. The van der Waals surface area contributed by atoms with Gasteiger partial charge in [0.05, 0.1) is 12.3 Å². The third kappa shape index (κ3) is 1.85. The van der Waals surface area contributed by atoms with E-state index >= 15 is 0 Å². The molecule has 0 radical (unpaired) electrons. The van der Waals surface area contributed by atoms with Crippen LogP contribution in [0.5, 0.6) is 0 Å². The topological polar surface area (TPSA) is 43.4 Å². The van der Waals surface area contributed by atoms with E-state index in [-0.39, 0.29) is 11.4 Å². The number of carbonyl (C=O) groups is 2. The molecule has 0 bridgehead atoms. The van der Waals surface area contributed by atoms with E-state index < -0.39 is 23.7 Å². The van der Waals surface area contributed by atoms with Crippen LogP contribution in [-0.4, -0.2) is 11.9 Å². The van der Waals surface area contributed by atoms with Crippen LogP contribution in [0.15, 0.2) is 18.2 Å². The number of cyclic esters (lactones) is 2. The Labute approximate surface area is 89.8 Å². The van der Waals surface area contributed by atoms with E-state index in [1.165, 1.54) is 12.1 Å². The first-order chi connectivity index (χ1) is 7.08. The van der Waals surface area contributed by atoms with Crippen LogP contribution < -0.4 is 0 Å². The van der Waals surface area contributed by atoms with Gasteiger partial charge in [0.2, 0.25) is 0 Å². The van der Waals surface area contributed by atoms with Crippen molar-refractivity contribution in [2.45, 2.75) is 12.3 Å². The molecular formula is C10H6ClFO3. The number of hydrogen-bond donors (Lipinski definition) is 0. The first kappa shape index (κ1) is 10.1. The van der Waals surface area contributed by atoms with Gasteiger partial charge in [0, 0.05) is 5.02 Å². The lowest BCUT2D eigenvalue weighted by Gasteiger charge is -2.06. The minimum Gasteiger partial charge on any atom is -0.393 e. The Morgan fingerprint density at radius 3 is 2.73 bits per heavy atom. The van der Waals surface area contributed by atoms with E-state index in [1.807, 2.05) is 0 Å². The third-order valence-corrected chi connectivity index (χ3v) is 2.55. The number of hydrogen-bond acceptors (Lipinski definition) is 3. The summed E-state index contributed by atoms with van der Waals surface area (Å²) < 4.78 is 17.3. The van der Waals surface area contributed by atoms with Crippen molar-refractivity contribution in [1.29, 1.82) is 0 Å². The Hall–Kier alpha value is -1.42. The number of carbonyl (C=O) groups excluding carboxylic acids is 2. The minimum absolute atomic E-state index is 0.0813. The van der Waals surface area contributed by atoms with Crippen LogP contribution in [0.2, 0.25) is 5.02 Å². The predicted octanol–water partition coefficient (Wildman–Crippen LogP) is 2.04. The molecule has 1 aromatic carbocycles. The number of ether oxygens (including phenoxy) is 1. The van der Waals surface area contributed by atoms with Gasteiger partial charge in [0.25, 0.3) is 0 Å². The van der Waals surface area contributed by atoms with Crippen LogP contribution >= 0.6 is 11.6 Å². The van der Waals surface area contributed by atoms with E-state index in [0.29, 0.717) is 5.56 Å². The van der Waals surface area contributed by atoms with Crippen molar-refractivity contribution in [3.63, 3.8) is 0 Å². The maximum atomic E-state index is 12.9. The zero-order valence-electron chi connectivity index (χ0n) is 7.50. The van der Waals surface area contributed by atoms with Gasteiger partial charge in [-0.05, 0) is 23.8 Å². The zero-order valence-corrected chi connectivity index (χ0v) is 8.25. The van der Waals surface area contributed by atoms with E-state index in [9.17, 15) is 14.0 Å². The molecule has 1 aliphatic rings. The van der Waals surface area contributed by atoms with Crippen molar-refractivity contribution >= 4 is 23.5 Å². The van der Waals surface area contributed by atoms with Gasteiger partial charge >= 0.3 is 11.9 Å². The molecule has 0 spiro atoms. The number of halogens is 2. The fourth-order valence-corrected chi connectivity index (χ4v) is 1.74. The lowest BCUT2D eigenvalue weighted by Crippen LogP contribution is -2.06. The average molecular weight is 229 g/mol. The van der Waals surface area contributed by atoms with Crippen LogP contribution in [0.25, 0.3) is 0 Å². The SMILES string of the molecule is O=C1CC(c2cc(F)ccc2Cl)C(=O)O1. The van der Waals surface area contributed by atoms with Gasteiger partial charge in [-0.2, -0.15) is 0 Å². The van der Waals surface area contributed by atoms with Crippen molar-refractivity contribution in [3.05, 3.63) is 34.6 Å². The fourth-order valence-electron chi connectivity index (χ4n) is 1.49. The summed E-state index contributed by atoms with van der Waals surface area (Å²) in [6.45, 7) is 0. The molecule has 1 saturated heterocycles. The van der Waals surface area contributed by atoms with Gasteiger partial charge in [0.15, 0.2) is 0 Å². The summed E-state index contributed by atoms with van der Waals surface area (Å²) in [4.78, 5) is 22.1. The van der Waals surface area contributed by atoms with Gasteiger partial charge < -0.3 is 4.74 Å². The fraction of sp³-hybridized carbons (Fsp3) is 0.200. The second-order valence-electron chi connectivity index (χ2n) is 3.22. The molecule has 1 aromatic rings. The number of esters is 2. The Balaban J connectivity index is 2.41. The average Bonchev–Trinajstić information content (AvgIpc) is 2.50. The highest BCUT2D eigenvalue weighted by Crippen LogP contribution is 2.32. The third-order valence-electron chi connectivity index (χ3n) is 2.20. The molecule has 0 saturated carbocycles. The molecule has 1 fully saturated rings. The van der Waals surface area contributed by atoms with Gasteiger partial charge in [-0.1, -0.05) is 11.6 Å². The van der Waals surface area contributed by atoms with Crippen LogP contribution in [0, 0.1) is 5.82 Å². The first-order valence-electron chi connectivity index (χ1n) is 4.27. The molecule has 78 valence electrons. The standard InChI is InChI=1S/C10H6ClFO3/c11-8-2-1-5(12)3-6(8)7-4-9(13)15-10(7)14/h1-3,7H,4H2. The first-order valence-corrected chi connectivity index (χ1v) is 4.65. The summed E-state index contributed by atoms with van der Waals surface area (Å²) in [6.07, 6.45) is -0.0813. The Kier molecular flexibility index (Phi) is 2.44. The van der Waals surface area contributed by atoms with Crippen molar-refractivity contribution in [2.24, 2.45) is 0 Å². The molecule has 15 heavy (non-hydrogen) atoms. The van der Waals surface area contributed by atoms with Gasteiger partial charge in [-0.25, -0.2) is 4.39 Å². The molecule has 0 amide bonds. The number of benzene rings is 1. The van der Waals surface area contributed by atoms with Crippen LogP contribution in [0.3, 0.4) is 0 Å². The molecule has 1 aliphatic heterocycles. The van der Waals surface area contributed by atoms with Crippen LogP contribution in [0.1, 0.15) is 17.9 Å². The van der Waals surface area contributed by atoms with E-state index in [1.54, 1.807) is 0 Å². The quantitative estimate of drug-likeness (QED) is 0.546. The van der Waals surface area contributed by atoms with Crippen LogP contribution in [-0.2, 0) is 14.3 Å². The van der Waals surface area contributed by atoms with Crippen molar-refractivity contribution in [2.75, 3.05) is 0 Å². The molecule has 0 aromatic heterocycles. The molecule has 0 N–H and O–H groups in total. The van der Waals surface area contributed by atoms with E-state index in [0.717, 1.165) is 6.07 Å². The summed E-state index contributed by atoms with van der Waals surface area (Å²) in [5, 5.41) is 0.257. The Morgan fingerprint density at radius 2 is 2.13 bits per heavy atom. The Bertz CT molecular complexity index is 444. The maximum absolute atomic E-state index is 12.9. The smallest absolute Gasteiger partial charge is 0.321 e. The summed E-state index contributed by atoms with van der Waals surface area (Å²) in [5.41, 5.74) is 0.299. The molecule has 2 rings (SSSR count). The number of rotatable bonds is 1. The van der Waals surface area contributed by atoms with E-state index in [2.05, 4.69) is 4.74 Å². The monoisotopic (exact) mass is 228 g/mol. The molecule has 1 unspecified atom stereocenters. The zero-order chi connectivity index (χ0) is 11.0. The second kappa shape index (κ2) is 3.62. The van der Waals surface area contributed by atoms with Crippen molar-refractivity contribution < 1.29 is 18.7 Å². The normalized spacial score (nSPS) is 20.5. The van der Waals surface area contributed by atoms with Gasteiger partial charge in [0.1, 0.15) is 5.82 Å². The molecule has 5 heteroatoms. The van der Waals surface area contributed by atoms with Crippen molar-refractivity contribution in [3.8, 4) is 0 Å². The minimum atomic E-state index is -0.777. The molecule has 1 atom stereocenters. The maximum Gasteiger partial charge on any atom is 0.321 e. The summed E-state index contributed by atoms with van der Waals surface area (Å²) >= 11 is 5.80. The Morgan fingerprint density at radius 1 is 1.40 bits per heavy atom. The molecular weight excluding hydrogens is 223 g/mol. The second-order valence-corrected chi connectivity index (χ2v) is 3.62.